The van der Waals surface area contributed by atoms with Crippen LogP contribution >= 0.6 is 11.6 Å². The molecule has 1 aliphatic carbocycles. The van der Waals surface area contributed by atoms with Gasteiger partial charge in [-0.1, -0.05) is 18.5 Å². The Morgan fingerprint density at radius 1 is 1.31 bits per heavy atom. The van der Waals surface area contributed by atoms with E-state index in [1.807, 2.05) is 12.3 Å². The number of aromatic nitrogens is 2. The molecule has 1 atom stereocenters. The van der Waals surface area contributed by atoms with E-state index in [2.05, 4.69) is 16.9 Å². The van der Waals surface area contributed by atoms with Gasteiger partial charge < -0.3 is 14.4 Å². The zero-order valence-electron chi connectivity index (χ0n) is 15.5. The van der Waals surface area contributed by atoms with Crippen LogP contribution in [0.25, 0.3) is 10.8 Å². The third-order valence-electron chi connectivity index (χ3n) is 4.84. The van der Waals surface area contributed by atoms with Crippen molar-refractivity contribution in [3.63, 3.8) is 0 Å². The Morgan fingerprint density at radius 2 is 2.04 bits per heavy atom. The lowest BCUT2D eigenvalue weighted by molar-refractivity contribution is -0.138. The van der Waals surface area contributed by atoms with Gasteiger partial charge in [-0.15, -0.1) is 0 Å². The monoisotopic (exact) mass is 377 g/mol. The number of hydrogen-bond acceptors (Lipinski definition) is 5. The number of amides is 1. The van der Waals surface area contributed by atoms with E-state index in [1.54, 1.807) is 32.3 Å². The second kappa shape index (κ2) is 7.76. The summed E-state index contributed by atoms with van der Waals surface area (Å²) in [6.07, 6.45) is 4.94. The summed E-state index contributed by atoms with van der Waals surface area (Å²) in [5, 5.41) is 2.23. The minimum atomic E-state index is -0.00229. The third-order valence-corrected chi connectivity index (χ3v) is 5.05. The molecule has 0 N–H and O–H groups in total. The molecule has 140 valence electrons. The van der Waals surface area contributed by atoms with Gasteiger partial charge >= 0.3 is 0 Å². The average Bonchev–Trinajstić information content (AvgIpc) is 2.56. The number of fused-ring (bicyclic) bond motifs is 1. The zero-order valence-corrected chi connectivity index (χ0v) is 16.3. The van der Waals surface area contributed by atoms with E-state index in [0.29, 0.717) is 30.5 Å². The fourth-order valence-electron chi connectivity index (χ4n) is 3.32. The minimum absolute atomic E-state index is 0.00229. The van der Waals surface area contributed by atoms with Crippen LogP contribution in [0.2, 0.25) is 5.15 Å². The van der Waals surface area contributed by atoms with Crippen molar-refractivity contribution in [2.75, 3.05) is 27.8 Å². The van der Waals surface area contributed by atoms with E-state index in [4.69, 9.17) is 21.1 Å². The number of rotatable bonds is 6. The summed E-state index contributed by atoms with van der Waals surface area (Å²) in [4.78, 5) is 22.3. The molecule has 1 unspecified atom stereocenters. The summed E-state index contributed by atoms with van der Waals surface area (Å²) in [5.74, 6) is 0.904. The van der Waals surface area contributed by atoms with Gasteiger partial charge in [0.1, 0.15) is 11.3 Å². The highest BCUT2D eigenvalue weighted by Crippen LogP contribution is 2.36. The molecule has 7 heteroatoms. The third kappa shape index (κ3) is 3.76. The van der Waals surface area contributed by atoms with E-state index in [-0.39, 0.29) is 23.8 Å². The normalized spacial score (nSPS) is 20.5. The van der Waals surface area contributed by atoms with Gasteiger partial charge in [0, 0.05) is 45.4 Å². The van der Waals surface area contributed by atoms with Gasteiger partial charge in [-0.2, -0.15) is 0 Å². The molecule has 0 spiro atoms. The van der Waals surface area contributed by atoms with Gasteiger partial charge in [-0.3, -0.25) is 4.79 Å². The molecule has 2 aromatic heterocycles. The number of carbonyl (C=O) groups excluding carboxylic acids is 1. The van der Waals surface area contributed by atoms with Crippen molar-refractivity contribution in [3.8, 4) is 5.88 Å². The smallest absolute Gasteiger partial charge is 0.225 e. The lowest BCUT2D eigenvalue weighted by Gasteiger charge is -2.35. The topological polar surface area (TPSA) is 64.6 Å². The number of methoxy groups -OCH3 is 1. The molecule has 1 amide bonds. The van der Waals surface area contributed by atoms with E-state index in [0.717, 1.165) is 16.3 Å². The van der Waals surface area contributed by atoms with Crippen LogP contribution in [-0.4, -0.2) is 54.7 Å². The summed E-state index contributed by atoms with van der Waals surface area (Å²) >= 11 is 6.11. The first-order valence-electron chi connectivity index (χ1n) is 8.71. The predicted octanol–water partition coefficient (Wildman–Crippen LogP) is 3.28. The first-order valence-corrected chi connectivity index (χ1v) is 9.09. The number of pyridine rings is 2. The fourth-order valence-corrected chi connectivity index (χ4v) is 3.48. The number of nitrogens with zero attached hydrogens (tertiary/aromatic N) is 3. The highest BCUT2D eigenvalue weighted by molar-refractivity contribution is 6.30. The largest absolute Gasteiger partial charge is 0.474 e. The Morgan fingerprint density at radius 3 is 2.69 bits per heavy atom. The number of ether oxygens (including phenoxy) is 2. The first-order chi connectivity index (χ1) is 12.4. The molecule has 0 saturated heterocycles. The zero-order chi connectivity index (χ0) is 18.8. The molecule has 0 bridgehead atoms. The Hall–Kier alpha value is -1.92. The molecule has 0 aliphatic heterocycles. The van der Waals surface area contributed by atoms with Gasteiger partial charge in [0.2, 0.25) is 11.8 Å². The van der Waals surface area contributed by atoms with E-state index >= 15 is 0 Å². The fraction of sp³-hybridized carbons (Fsp3) is 0.526. The van der Waals surface area contributed by atoms with Crippen molar-refractivity contribution in [2.45, 2.75) is 31.8 Å². The molecule has 1 saturated carbocycles. The van der Waals surface area contributed by atoms with Crippen LogP contribution in [0.15, 0.2) is 18.5 Å². The molecule has 1 fully saturated rings. The summed E-state index contributed by atoms with van der Waals surface area (Å²) < 4.78 is 11.3. The van der Waals surface area contributed by atoms with Gasteiger partial charge in [-0.25, -0.2) is 9.97 Å². The Labute approximate surface area is 158 Å². The number of carbonyl (C=O) groups is 1. The summed E-state index contributed by atoms with van der Waals surface area (Å²) in [6.45, 7) is 2.67. The van der Waals surface area contributed by atoms with Gasteiger partial charge in [-0.05, 0) is 29.9 Å². The van der Waals surface area contributed by atoms with Crippen LogP contribution in [0.4, 0.5) is 0 Å². The Balaban J connectivity index is 1.82. The van der Waals surface area contributed by atoms with Crippen LogP contribution in [-0.2, 0) is 9.53 Å². The van der Waals surface area contributed by atoms with Crippen LogP contribution in [0, 0.1) is 5.92 Å². The predicted molar refractivity (Wildman–Crippen MR) is 101 cm³/mol. The minimum Gasteiger partial charge on any atom is -0.474 e. The molecular weight excluding hydrogens is 354 g/mol. The number of hydrogen-bond donors (Lipinski definition) is 0. The maximum atomic E-state index is 12.0. The van der Waals surface area contributed by atoms with Crippen molar-refractivity contribution >= 4 is 28.3 Å². The molecule has 0 aromatic carbocycles. The molecule has 6 nitrogen and oxygen atoms in total. The molecule has 2 aromatic rings. The standard InChI is InChI=1S/C19H24ClN3O3/c1-11(10-25-4)15-8-22-18(16-9-21-17(20)7-14(15)16)26-13-5-12(6-13)19(24)23(2)3/h7-9,11-13H,5-6,10H2,1-4H3. The Kier molecular flexibility index (Phi) is 5.63. The second-order valence-corrected chi connectivity index (χ2v) is 7.46. The van der Waals surface area contributed by atoms with Gasteiger partial charge in [0.05, 0.1) is 12.0 Å². The summed E-state index contributed by atoms with van der Waals surface area (Å²) in [5.41, 5.74) is 1.05. The molecular formula is C19H24ClN3O3. The maximum absolute atomic E-state index is 12.0. The van der Waals surface area contributed by atoms with Crippen molar-refractivity contribution < 1.29 is 14.3 Å². The van der Waals surface area contributed by atoms with Crippen LogP contribution in [0.1, 0.15) is 31.2 Å². The van der Waals surface area contributed by atoms with Crippen molar-refractivity contribution in [1.29, 1.82) is 0 Å². The highest BCUT2D eigenvalue weighted by Gasteiger charge is 2.37. The van der Waals surface area contributed by atoms with Crippen LogP contribution in [0.3, 0.4) is 0 Å². The molecule has 1 aliphatic rings. The lowest BCUT2D eigenvalue weighted by Crippen LogP contribution is -2.43. The molecule has 26 heavy (non-hydrogen) atoms. The molecule has 2 heterocycles. The first kappa shape index (κ1) is 18.9. The van der Waals surface area contributed by atoms with Crippen molar-refractivity contribution in [3.05, 3.63) is 29.2 Å². The second-order valence-electron chi connectivity index (χ2n) is 7.07. The van der Waals surface area contributed by atoms with E-state index in [1.165, 1.54) is 0 Å². The van der Waals surface area contributed by atoms with E-state index < -0.39 is 0 Å². The van der Waals surface area contributed by atoms with E-state index in [9.17, 15) is 4.79 Å². The lowest BCUT2D eigenvalue weighted by atomic mass is 9.81. The maximum Gasteiger partial charge on any atom is 0.225 e. The SMILES string of the molecule is COCC(C)c1cnc(OC2CC(C(=O)N(C)C)C2)c2cnc(Cl)cc12. The number of halogens is 1. The van der Waals surface area contributed by atoms with Crippen LogP contribution in [0.5, 0.6) is 5.88 Å². The summed E-state index contributed by atoms with van der Waals surface area (Å²) in [6, 6.07) is 1.84. The molecule has 3 rings (SSSR count). The van der Waals surface area contributed by atoms with Crippen molar-refractivity contribution in [1.82, 2.24) is 14.9 Å². The van der Waals surface area contributed by atoms with Crippen LogP contribution < -0.4 is 4.74 Å². The highest BCUT2D eigenvalue weighted by atomic mass is 35.5. The summed E-state index contributed by atoms with van der Waals surface area (Å²) in [7, 11) is 5.24. The molecule has 0 radical (unpaired) electrons. The van der Waals surface area contributed by atoms with Gasteiger partial charge in [0.15, 0.2) is 0 Å². The average molecular weight is 378 g/mol. The Bertz CT molecular complexity index is 806. The van der Waals surface area contributed by atoms with Crippen molar-refractivity contribution in [2.24, 2.45) is 5.92 Å². The quantitative estimate of drug-likeness (QED) is 0.723. The van der Waals surface area contributed by atoms with Gasteiger partial charge in [0.25, 0.3) is 0 Å².